The molecule has 96 valence electrons. The molecule has 0 spiro atoms. The number of nitriles is 1. The number of aromatic nitrogens is 1. The van der Waals surface area contributed by atoms with E-state index in [-0.39, 0.29) is 5.56 Å². The average Bonchev–Trinajstić information content (AvgIpc) is 2.89. The summed E-state index contributed by atoms with van der Waals surface area (Å²) in [6, 6.07) is 12.9. The van der Waals surface area contributed by atoms with Crippen LogP contribution in [-0.4, -0.2) is 10.8 Å². The average molecular weight is 264 g/mol. The van der Waals surface area contributed by atoms with Gasteiger partial charge in [-0.3, -0.25) is 4.79 Å². The van der Waals surface area contributed by atoms with Gasteiger partial charge in [0.05, 0.1) is 17.2 Å². The van der Waals surface area contributed by atoms with E-state index in [2.05, 4.69) is 4.98 Å². The largest absolute Gasteiger partial charge is 0.360 e. The molecule has 0 radical (unpaired) electrons. The van der Waals surface area contributed by atoms with E-state index >= 15 is 0 Å². The molecule has 3 rings (SSSR count). The van der Waals surface area contributed by atoms with Gasteiger partial charge in [0.15, 0.2) is 5.78 Å². The molecule has 20 heavy (non-hydrogen) atoms. The fourth-order valence-electron chi connectivity index (χ4n) is 2.17. The van der Waals surface area contributed by atoms with Crippen LogP contribution in [0, 0.1) is 17.1 Å². The maximum absolute atomic E-state index is 13.7. The zero-order chi connectivity index (χ0) is 14.1. The highest BCUT2D eigenvalue weighted by molar-refractivity contribution is 6.16. The van der Waals surface area contributed by atoms with Gasteiger partial charge in [0.25, 0.3) is 0 Å². The number of aromatic amines is 1. The Morgan fingerprint density at radius 1 is 1.15 bits per heavy atom. The molecule has 1 N–H and O–H groups in total. The molecule has 4 heteroatoms. The van der Waals surface area contributed by atoms with Crippen molar-refractivity contribution in [1.82, 2.24) is 4.98 Å². The predicted molar refractivity (Wildman–Crippen MR) is 72.8 cm³/mol. The zero-order valence-electron chi connectivity index (χ0n) is 10.4. The summed E-state index contributed by atoms with van der Waals surface area (Å²) in [5, 5.41) is 9.54. The number of nitrogens with zero attached hydrogens (tertiary/aromatic N) is 1. The van der Waals surface area contributed by atoms with Crippen LogP contribution in [0.5, 0.6) is 0 Å². The fraction of sp³-hybridized carbons (Fsp3) is 0. The van der Waals surface area contributed by atoms with E-state index in [0.29, 0.717) is 16.5 Å². The molecule has 1 heterocycles. The number of carbonyl (C=O) groups is 1. The molecule has 0 aliphatic rings. The van der Waals surface area contributed by atoms with Gasteiger partial charge < -0.3 is 4.98 Å². The summed E-state index contributed by atoms with van der Waals surface area (Å²) < 4.78 is 13.7. The Bertz CT molecular complexity index is 858. The summed E-state index contributed by atoms with van der Waals surface area (Å²) in [5.41, 5.74) is 1.58. The maximum atomic E-state index is 13.7. The predicted octanol–water partition coefficient (Wildman–Crippen LogP) is 3.41. The minimum atomic E-state index is -0.553. The molecular weight excluding hydrogens is 255 g/mol. The van der Waals surface area contributed by atoms with E-state index in [1.54, 1.807) is 30.5 Å². The lowest BCUT2D eigenvalue weighted by molar-refractivity contribution is 0.103. The van der Waals surface area contributed by atoms with E-state index in [1.165, 1.54) is 18.2 Å². The number of H-pyrrole nitrogens is 1. The first-order valence-corrected chi connectivity index (χ1v) is 6.01. The van der Waals surface area contributed by atoms with Crippen LogP contribution in [0.15, 0.2) is 48.7 Å². The molecule has 1 aromatic heterocycles. The molecule has 3 aromatic rings. The Balaban J connectivity index is 2.18. The van der Waals surface area contributed by atoms with Crippen molar-refractivity contribution in [3.05, 3.63) is 71.2 Å². The van der Waals surface area contributed by atoms with Crippen molar-refractivity contribution >= 4 is 16.7 Å². The Labute approximate surface area is 114 Å². The van der Waals surface area contributed by atoms with Crippen molar-refractivity contribution in [2.75, 3.05) is 0 Å². The lowest BCUT2D eigenvalue weighted by Crippen LogP contribution is -2.03. The second kappa shape index (κ2) is 4.63. The van der Waals surface area contributed by atoms with Crippen molar-refractivity contribution in [1.29, 1.82) is 5.26 Å². The number of benzene rings is 2. The standard InChI is InChI=1S/C16H9FN2O/c17-14-4-2-1-3-11(14)16(20)13-9-19-15-6-5-10(8-18)7-12(13)15/h1-7,9,19H. The smallest absolute Gasteiger partial charge is 0.198 e. The van der Waals surface area contributed by atoms with Gasteiger partial charge in [-0.1, -0.05) is 12.1 Å². The van der Waals surface area contributed by atoms with Crippen molar-refractivity contribution in [3.8, 4) is 6.07 Å². The first-order chi connectivity index (χ1) is 9.70. The second-order valence-corrected chi connectivity index (χ2v) is 4.38. The van der Waals surface area contributed by atoms with Gasteiger partial charge in [-0.25, -0.2) is 4.39 Å². The highest BCUT2D eigenvalue weighted by Crippen LogP contribution is 2.23. The van der Waals surface area contributed by atoms with Crippen LogP contribution >= 0.6 is 0 Å². The minimum Gasteiger partial charge on any atom is -0.360 e. The summed E-state index contributed by atoms with van der Waals surface area (Å²) in [5.74, 6) is -0.951. The number of ketones is 1. The Kier molecular flexibility index (Phi) is 2.81. The van der Waals surface area contributed by atoms with Gasteiger partial charge in [0.1, 0.15) is 5.82 Å². The van der Waals surface area contributed by atoms with E-state index in [0.717, 1.165) is 5.52 Å². The Hall–Kier alpha value is -2.93. The Morgan fingerprint density at radius 2 is 1.95 bits per heavy atom. The van der Waals surface area contributed by atoms with Crippen molar-refractivity contribution < 1.29 is 9.18 Å². The third-order valence-corrected chi connectivity index (χ3v) is 3.17. The normalized spacial score (nSPS) is 10.4. The third-order valence-electron chi connectivity index (χ3n) is 3.17. The lowest BCUT2D eigenvalue weighted by atomic mass is 10.0. The molecule has 0 bridgehead atoms. The monoisotopic (exact) mass is 264 g/mol. The third kappa shape index (κ3) is 1.86. The van der Waals surface area contributed by atoms with Crippen molar-refractivity contribution in [3.63, 3.8) is 0 Å². The first kappa shape index (κ1) is 12.1. The summed E-state index contributed by atoms with van der Waals surface area (Å²) in [7, 11) is 0. The van der Waals surface area contributed by atoms with Gasteiger partial charge in [0.2, 0.25) is 0 Å². The van der Waals surface area contributed by atoms with Gasteiger partial charge in [0, 0.05) is 22.7 Å². The fourth-order valence-corrected chi connectivity index (χ4v) is 2.17. The number of nitrogens with one attached hydrogen (secondary N) is 1. The van der Waals surface area contributed by atoms with Crippen molar-refractivity contribution in [2.45, 2.75) is 0 Å². The van der Waals surface area contributed by atoms with E-state index < -0.39 is 11.6 Å². The van der Waals surface area contributed by atoms with Gasteiger partial charge in [-0.05, 0) is 30.3 Å². The quantitative estimate of drug-likeness (QED) is 0.721. The first-order valence-electron chi connectivity index (χ1n) is 6.01. The molecule has 2 aromatic carbocycles. The highest BCUT2D eigenvalue weighted by Gasteiger charge is 2.17. The molecule has 0 unspecified atom stereocenters. The number of carbonyl (C=O) groups excluding carboxylic acids is 1. The SMILES string of the molecule is N#Cc1ccc2[nH]cc(C(=O)c3ccccc3F)c2c1. The van der Waals surface area contributed by atoms with Crippen LogP contribution in [0.2, 0.25) is 0 Å². The second-order valence-electron chi connectivity index (χ2n) is 4.38. The maximum Gasteiger partial charge on any atom is 0.198 e. The van der Waals surface area contributed by atoms with E-state index in [9.17, 15) is 9.18 Å². The molecule has 0 saturated heterocycles. The van der Waals surface area contributed by atoms with Crippen LogP contribution in [0.3, 0.4) is 0 Å². The van der Waals surface area contributed by atoms with Crippen LogP contribution < -0.4 is 0 Å². The molecule has 0 atom stereocenters. The molecule has 0 aliphatic carbocycles. The van der Waals surface area contributed by atoms with Crippen LogP contribution in [0.4, 0.5) is 4.39 Å². The summed E-state index contributed by atoms with van der Waals surface area (Å²) in [4.78, 5) is 15.4. The molecule has 0 aliphatic heterocycles. The molecule has 0 fully saturated rings. The lowest BCUT2D eigenvalue weighted by Gasteiger charge is -2.01. The molecular formula is C16H9FN2O. The van der Waals surface area contributed by atoms with Crippen LogP contribution in [-0.2, 0) is 0 Å². The van der Waals surface area contributed by atoms with Crippen LogP contribution in [0.25, 0.3) is 10.9 Å². The number of halogens is 1. The molecule has 0 amide bonds. The zero-order valence-corrected chi connectivity index (χ0v) is 10.4. The van der Waals surface area contributed by atoms with Gasteiger partial charge in [-0.15, -0.1) is 0 Å². The van der Waals surface area contributed by atoms with Crippen molar-refractivity contribution in [2.24, 2.45) is 0 Å². The van der Waals surface area contributed by atoms with E-state index in [1.807, 2.05) is 6.07 Å². The molecule has 0 saturated carbocycles. The van der Waals surface area contributed by atoms with Gasteiger partial charge in [-0.2, -0.15) is 5.26 Å². The number of rotatable bonds is 2. The highest BCUT2D eigenvalue weighted by atomic mass is 19.1. The molecule has 3 nitrogen and oxygen atoms in total. The van der Waals surface area contributed by atoms with Gasteiger partial charge >= 0.3 is 0 Å². The topological polar surface area (TPSA) is 56.6 Å². The number of fused-ring (bicyclic) bond motifs is 1. The summed E-state index contributed by atoms with van der Waals surface area (Å²) >= 11 is 0. The van der Waals surface area contributed by atoms with Crippen LogP contribution in [0.1, 0.15) is 21.5 Å². The summed E-state index contributed by atoms with van der Waals surface area (Å²) in [6.45, 7) is 0. The number of hydrogen-bond acceptors (Lipinski definition) is 2. The van der Waals surface area contributed by atoms with E-state index in [4.69, 9.17) is 5.26 Å². The summed E-state index contributed by atoms with van der Waals surface area (Å²) in [6.07, 6.45) is 1.54. The minimum absolute atomic E-state index is 0.0239. The Morgan fingerprint density at radius 3 is 2.70 bits per heavy atom. The number of hydrogen-bond donors (Lipinski definition) is 1.